The van der Waals surface area contributed by atoms with Gasteiger partial charge in [0.25, 0.3) is 0 Å². The fourth-order valence-corrected chi connectivity index (χ4v) is 2.88. The molecule has 0 spiro atoms. The second kappa shape index (κ2) is 6.80. The van der Waals surface area contributed by atoms with Crippen LogP contribution in [0.3, 0.4) is 0 Å². The first-order valence-electron chi connectivity index (χ1n) is 8.33. The molecule has 4 rings (SSSR count). The van der Waals surface area contributed by atoms with Crippen LogP contribution in [0.5, 0.6) is 5.75 Å². The monoisotopic (exact) mass is 343 g/mol. The van der Waals surface area contributed by atoms with Gasteiger partial charge in [-0.1, -0.05) is 12.1 Å². The Kier molecular flexibility index (Phi) is 4.19. The van der Waals surface area contributed by atoms with Crippen molar-refractivity contribution in [1.29, 1.82) is 0 Å². The van der Waals surface area contributed by atoms with Gasteiger partial charge in [0, 0.05) is 23.9 Å². The van der Waals surface area contributed by atoms with Crippen LogP contribution in [0.2, 0.25) is 0 Å². The molecule has 2 aromatic carbocycles. The highest BCUT2D eigenvalue weighted by molar-refractivity contribution is 5.90. The molecule has 5 nitrogen and oxygen atoms in total. The Labute approximate surface area is 150 Å². The number of fused-ring (bicyclic) bond motifs is 2. The first kappa shape index (κ1) is 16.0. The standard InChI is InChI=1S/C21H17N3O2/c1-14(25)23-21-10-8-16-12-15(7-9-18(16)24-21)13-26-20-6-2-5-19-17(20)4-3-11-22-19/h2-12H,13H2,1H3,(H,23,24,25). The molecular weight excluding hydrogens is 326 g/mol. The van der Waals surface area contributed by atoms with Crippen molar-refractivity contribution in [2.45, 2.75) is 13.5 Å². The van der Waals surface area contributed by atoms with Crippen LogP contribution < -0.4 is 10.1 Å². The van der Waals surface area contributed by atoms with Crippen LogP contribution in [-0.4, -0.2) is 15.9 Å². The Morgan fingerprint density at radius 2 is 1.96 bits per heavy atom. The van der Waals surface area contributed by atoms with Crippen LogP contribution in [0.1, 0.15) is 12.5 Å². The lowest BCUT2D eigenvalue weighted by Crippen LogP contribution is -2.07. The topological polar surface area (TPSA) is 64.1 Å². The van der Waals surface area contributed by atoms with Crippen molar-refractivity contribution in [3.8, 4) is 5.75 Å². The highest BCUT2D eigenvalue weighted by Crippen LogP contribution is 2.25. The van der Waals surface area contributed by atoms with Crippen molar-refractivity contribution >= 4 is 33.5 Å². The van der Waals surface area contributed by atoms with Crippen molar-refractivity contribution < 1.29 is 9.53 Å². The minimum absolute atomic E-state index is 0.133. The molecule has 0 aliphatic carbocycles. The van der Waals surface area contributed by atoms with Gasteiger partial charge < -0.3 is 10.1 Å². The van der Waals surface area contributed by atoms with E-state index in [9.17, 15) is 4.79 Å². The number of ether oxygens (including phenoxy) is 1. The molecular formula is C21H17N3O2. The smallest absolute Gasteiger partial charge is 0.222 e. The molecule has 0 saturated carbocycles. The van der Waals surface area contributed by atoms with E-state index in [-0.39, 0.29) is 5.91 Å². The summed E-state index contributed by atoms with van der Waals surface area (Å²) in [6.07, 6.45) is 1.78. The van der Waals surface area contributed by atoms with Gasteiger partial charge in [-0.25, -0.2) is 4.98 Å². The minimum Gasteiger partial charge on any atom is -0.488 e. The molecule has 0 aliphatic rings. The van der Waals surface area contributed by atoms with E-state index < -0.39 is 0 Å². The molecule has 5 heteroatoms. The summed E-state index contributed by atoms with van der Waals surface area (Å²) in [4.78, 5) is 19.9. The molecule has 2 heterocycles. The van der Waals surface area contributed by atoms with Crippen LogP contribution in [0.25, 0.3) is 21.8 Å². The first-order chi connectivity index (χ1) is 12.7. The van der Waals surface area contributed by atoms with Crippen LogP contribution in [-0.2, 0) is 11.4 Å². The van der Waals surface area contributed by atoms with Crippen molar-refractivity contribution in [3.63, 3.8) is 0 Å². The second-order valence-electron chi connectivity index (χ2n) is 6.02. The molecule has 0 saturated heterocycles. The number of anilines is 1. The summed E-state index contributed by atoms with van der Waals surface area (Å²) in [5, 5.41) is 4.69. The third-order valence-corrected chi connectivity index (χ3v) is 4.06. The second-order valence-corrected chi connectivity index (χ2v) is 6.02. The minimum atomic E-state index is -0.133. The van der Waals surface area contributed by atoms with Gasteiger partial charge in [0.15, 0.2) is 0 Å². The maximum Gasteiger partial charge on any atom is 0.222 e. The Morgan fingerprint density at radius 1 is 1.04 bits per heavy atom. The van der Waals surface area contributed by atoms with Crippen LogP contribution in [0.4, 0.5) is 5.82 Å². The number of nitrogens with one attached hydrogen (secondary N) is 1. The van der Waals surface area contributed by atoms with E-state index in [1.165, 1.54) is 6.92 Å². The number of amides is 1. The zero-order valence-corrected chi connectivity index (χ0v) is 14.3. The average Bonchev–Trinajstić information content (AvgIpc) is 2.66. The zero-order chi connectivity index (χ0) is 17.9. The van der Waals surface area contributed by atoms with Crippen molar-refractivity contribution in [1.82, 2.24) is 9.97 Å². The van der Waals surface area contributed by atoms with Crippen molar-refractivity contribution in [3.05, 3.63) is 72.4 Å². The highest BCUT2D eigenvalue weighted by atomic mass is 16.5. The van der Waals surface area contributed by atoms with E-state index in [2.05, 4.69) is 15.3 Å². The molecule has 0 atom stereocenters. The predicted molar refractivity (Wildman–Crippen MR) is 102 cm³/mol. The lowest BCUT2D eigenvalue weighted by atomic mass is 10.1. The molecule has 0 aliphatic heterocycles. The van der Waals surface area contributed by atoms with E-state index in [0.717, 1.165) is 33.1 Å². The molecule has 2 aromatic heterocycles. The van der Waals surface area contributed by atoms with Gasteiger partial charge in [0.05, 0.1) is 11.0 Å². The molecule has 0 unspecified atom stereocenters. The van der Waals surface area contributed by atoms with Gasteiger partial charge in [-0.15, -0.1) is 0 Å². The van der Waals surface area contributed by atoms with Crippen LogP contribution in [0, 0.1) is 0 Å². The molecule has 1 amide bonds. The number of pyridine rings is 2. The number of carbonyl (C=O) groups is 1. The van der Waals surface area contributed by atoms with Gasteiger partial charge in [0.1, 0.15) is 18.2 Å². The molecule has 26 heavy (non-hydrogen) atoms. The first-order valence-corrected chi connectivity index (χ1v) is 8.33. The zero-order valence-electron chi connectivity index (χ0n) is 14.3. The van der Waals surface area contributed by atoms with Gasteiger partial charge >= 0.3 is 0 Å². The van der Waals surface area contributed by atoms with Gasteiger partial charge in [-0.3, -0.25) is 9.78 Å². The summed E-state index contributed by atoms with van der Waals surface area (Å²) in [7, 11) is 0. The summed E-state index contributed by atoms with van der Waals surface area (Å²) >= 11 is 0. The fourth-order valence-electron chi connectivity index (χ4n) is 2.88. The van der Waals surface area contributed by atoms with Crippen molar-refractivity contribution in [2.24, 2.45) is 0 Å². The number of hydrogen-bond donors (Lipinski definition) is 1. The van der Waals surface area contributed by atoms with E-state index in [0.29, 0.717) is 12.4 Å². The number of aromatic nitrogens is 2. The van der Waals surface area contributed by atoms with Crippen LogP contribution in [0.15, 0.2) is 66.9 Å². The van der Waals surface area contributed by atoms with Gasteiger partial charge in [0.2, 0.25) is 5.91 Å². The third-order valence-electron chi connectivity index (χ3n) is 4.06. The Hall–Kier alpha value is -3.47. The molecule has 4 aromatic rings. The summed E-state index contributed by atoms with van der Waals surface area (Å²) < 4.78 is 6.01. The largest absolute Gasteiger partial charge is 0.488 e. The number of benzene rings is 2. The maximum absolute atomic E-state index is 11.1. The average molecular weight is 343 g/mol. The normalized spacial score (nSPS) is 10.8. The van der Waals surface area contributed by atoms with Crippen molar-refractivity contribution in [2.75, 3.05) is 5.32 Å². The van der Waals surface area contributed by atoms with E-state index in [1.807, 2.05) is 54.6 Å². The van der Waals surface area contributed by atoms with Gasteiger partial charge in [-0.05, 0) is 54.1 Å². The predicted octanol–water partition coefficient (Wildman–Crippen LogP) is 4.32. The summed E-state index contributed by atoms with van der Waals surface area (Å²) in [5.74, 6) is 1.23. The van der Waals surface area contributed by atoms with E-state index >= 15 is 0 Å². The van der Waals surface area contributed by atoms with E-state index in [4.69, 9.17) is 4.74 Å². The molecule has 0 bridgehead atoms. The Balaban J connectivity index is 1.56. The van der Waals surface area contributed by atoms with Gasteiger partial charge in [-0.2, -0.15) is 0 Å². The highest BCUT2D eigenvalue weighted by Gasteiger charge is 2.05. The number of carbonyl (C=O) groups excluding carboxylic acids is 1. The summed E-state index contributed by atoms with van der Waals surface area (Å²) in [6.45, 7) is 1.92. The molecule has 0 fully saturated rings. The lowest BCUT2D eigenvalue weighted by molar-refractivity contribution is -0.114. The van der Waals surface area contributed by atoms with E-state index in [1.54, 1.807) is 12.3 Å². The molecule has 0 radical (unpaired) electrons. The quantitative estimate of drug-likeness (QED) is 0.599. The molecule has 1 N–H and O–H groups in total. The van der Waals surface area contributed by atoms with Crippen LogP contribution >= 0.6 is 0 Å². The summed E-state index contributed by atoms with van der Waals surface area (Å²) in [6, 6.07) is 19.5. The third kappa shape index (κ3) is 3.32. The SMILES string of the molecule is CC(=O)Nc1ccc2cc(COc3cccc4ncccc34)ccc2n1. The summed E-state index contributed by atoms with van der Waals surface area (Å²) in [5.41, 5.74) is 2.79. The number of rotatable bonds is 4. The molecule has 128 valence electrons. The fraction of sp³-hybridized carbons (Fsp3) is 0.0952. The lowest BCUT2D eigenvalue weighted by Gasteiger charge is -2.10. The maximum atomic E-state index is 11.1. The number of nitrogens with zero attached hydrogens (tertiary/aromatic N) is 2. The Morgan fingerprint density at radius 3 is 2.85 bits per heavy atom. The Bertz CT molecular complexity index is 1100. The number of hydrogen-bond acceptors (Lipinski definition) is 4.